The fourth-order valence-corrected chi connectivity index (χ4v) is 2.61. The summed E-state index contributed by atoms with van der Waals surface area (Å²) < 4.78 is 29.8. The van der Waals surface area contributed by atoms with Crippen molar-refractivity contribution in [2.24, 2.45) is 0 Å². The number of benzene rings is 2. The molecule has 9 heteroatoms. The molecule has 1 amide bonds. The molecule has 0 saturated carbocycles. The lowest BCUT2D eigenvalue weighted by atomic mass is 10.2. The monoisotopic (exact) mass is 476 g/mol. The fraction of sp³-hybridized carbons (Fsp3) is 0.190. The van der Waals surface area contributed by atoms with E-state index in [9.17, 15) is 14.0 Å². The number of nitrogens with zero attached hydrogens (tertiary/aromatic N) is 1. The smallest absolute Gasteiger partial charge is 0.331 e. The molecule has 1 unspecified atom stereocenters. The molecule has 7 nitrogen and oxygen atoms in total. The van der Waals surface area contributed by atoms with Crippen LogP contribution in [0.2, 0.25) is 0 Å². The van der Waals surface area contributed by atoms with Gasteiger partial charge in [0.05, 0.1) is 12.8 Å². The number of methoxy groups -OCH3 is 1. The number of hydrogen-bond acceptors (Lipinski definition) is 6. The lowest BCUT2D eigenvalue weighted by molar-refractivity contribution is -0.148. The first-order chi connectivity index (χ1) is 14.3. The number of hydrogen-bond donors (Lipinski definition) is 1. The van der Waals surface area contributed by atoms with E-state index in [0.717, 1.165) is 6.08 Å². The lowest BCUT2D eigenvalue weighted by Gasteiger charge is -2.13. The Morgan fingerprint density at radius 1 is 1.27 bits per heavy atom. The largest absolute Gasteiger partial charge is 0.493 e. The summed E-state index contributed by atoms with van der Waals surface area (Å²) in [5, 5.41) is 10.9. The van der Waals surface area contributed by atoms with Gasteiger partial charge in [-0.15, -0.1) is 0 Å². The molecule has 2 rings (SSSR count). The Balaban J connectivity index is 1.96. The summed E-state index contributed by atoms with van der Waals surface area (Å²) in [6.45, 7) is 1.25. The number of esters is 1. The number of carbonyl (C=O) groups is 2. The van der Waals surface area contributed by atoms with Crippen LogP contribution >= 0.6 is 15.9 Å². The maximum atomic E-state index is 13.8. The van der Waals surface area contributed by atoms with Gasteiger partial charge in [0.15, 0.2) is 24.2 Å². The Bertz CT molecular complexity index is 1000. The van der Waals surface area contributed by atoms with E-state index in [4.69, 9.17) is 19.5 Å². The predicted octanol–water partition coefficient (Wildman–Crippen LogP) is 4.08. The highest BCUT2D eigenvalue weighted by atomic mass is 79.9. The molecule has 0 heterocycles. The zero-order chi connectivity index (χ0) is 22.1. The van der Waals surface area contributed by atoms with Crippen molar-refractivity contribution in [3.63, 3.8) is 0 Å². The molecule has 1 N–H and O–H groups in total. The van der Waals surface area contributed by atoms with Crippen LogP contribution < -0.4 is 14.8 Å². The molecule has 30 heavy (non-hydrogen) atoms. The van der Waals surface area contributed by atoms with Crippen LogP contribution in [0.15, 0.2) is 46.9 Å². The Kier molecular flexibility index (Phi) is 8.38. The molecule has 1 atom stereocenters. The first-order valence-electron chi connectivity index (χ1n) is 8.66. The number of anilines is 1. The lowest BCUT2D eigenvalue weighted by Crippen LogP contribution is -2.29. The summed E-state index contributed by atoms with van der Waals surface area (Å²) in [6, 6.07) is 10.9. The Labute approximate surface area is 181 Å². The van der Waals surface area contributed by atoms with Crippen molar-refractivity contribution in [1.82, 2.24) is 0 Å². The Morgan fingerprint density at radius 2 is 2.03 bits per heavy atom. The number of nitrogens with one attached hydrogen (secondary N) is 1. The number of amides is 1. The molecule has 0 saturated heterocycles. The minimum Gasteiger partial charge on any atom is -0.493 e. The first kappa shape index (κ1) is 22.9. The normalized spacial score (nSPS) is 11.4. The van der Waals surface area contributed by atoms with E-state index in [2.05, 4.69) is 21.2 Å². The van der Waals surface area contributed by atoms with Crippen molar-refractivity contribution in [1.29, 1.82) is 5.26 Å². The number of ether oxygens (including phenoxy) is 3. The molecule has 156 valence electrons. The number of carbonyl (C=O) groups excluding carboxylic acids is 2. The van der Waals surface area contributed by atoms with Crippen LogP contribution in [0.4, 0.5) is 10.1 Å². The number of nitriles is 1. The average molecular weight is 477 g/mol. The number of rotatable bonds is 8. The molecule has 0 fully saturated rings. The van der Waals surface area contributed by atoms with Crippen LogP contribution in [0.25, 0.3) is 6.08 Å². The van der Waals surface area contributed by atoms with Gasteiger partial charge in [0.25, 0.3) is 5.91 Å². The summed E-state index contributed by atoms with van der Waals surface area (Å²) in [6.07, 6.45) is 1.48. The third-order valence-electron chi connectivity index (χ3n) is 3.74. The molecule has 0 aliphatic heterocycles. The molecule has 0 aliphatic rings. The van der Waals surface area contributed by atoms with Crippen molar-refractivity contribution in [3.8, 4) is 17.6 Å². The SMILES string of the molecule is COc1cc(/C=C/C(=O)OC(C)C(=O)Nc2ccc(Br)cc2F)ccc1OCC#N. The molecule has 0 aliphatic carbocycles. The van der Waals surface area contributed by atoms with Gasteiger partial charge in [-0.25, -0.2) is 9.18 Å². The summed E-state index contributed by atoms with van der Waals surface area (Å²) in [4.78, 5) is 24.1. The summed E-state index contributed by atoms with van der Waals surface area (Å²) in [5.74, 6) is -1.25. The fourth-order valence-electron chi connectivity index (χ4n) is 2.27. The number of halogens is 2. The predicted molar refractivity (Wildman–Crippen MR) is 111 cm³/mol. The molecule has 2 aromatic rings. The highest BCUT2D eigenvalue weighted by Gasteiger charge is 2.18. The van der Waals surface area contributed by atoms with Gasteiger partial charge < -0.3 is 19.5 Å². The van der Waals surface area contributed by atoms with Gasteiger partial charge >= 0.3 is 5.97 Å². The molecule has 0 radical (unpaired) electrons. The molecule has 0 aromatic heterocycles. The van der Waals surface area contributed by atoms with Crippen molar-refractivity contribution in [2.45, 2.75) is 13.0 Å². The van der Waals surface area contributed by atoms with Crippen LogP contribution in [0, 0.1) is 17.1 Å². The zero-order valence-electron chi connectivity index (χ0n) is 16.1. The van der Waals surface area contributed by atoms with Crippen LogP contribution in [0.3, 0.4) is 0 Å². The van der Waals surface area contributed by atoms with Crippen LogP contribution in [0.5, 0.6) is 11.5 Å². The molecular formula is C21H18BrFN2O5. The van der Waals surface area contributed by atoms with Gasteiger partial charge in [-0.3, -0.25) is 4.79 Å². The van der Waals surface area contributed by atoms with E-state index in [1.807, 2.05) is 6.07 Å². The molecule has 2 aromatic carbocycles. The second kappa shape index (κ2) is 11.0. The van der Waals surface area contributed by atoms with Gasteiger partial charge in [-0.1, -0.05) is 22.0 Å². The van der Waals surface area contributed by atoms with Crippen molar-refractivity contribution in [3.05, 3.63) is 58.3 Å². The highest BCUT2D eigenvalue weighted by molar-refractivity contribution is 9.10. The van der Waals surface area contributed by atoms with Crippen LogP contribution in [-0.2, 0) is 14.3 Å². The van der Waals surface area contributed by atoms with Gasteiger partial charge in [-0.05, 0) is 48.9 Å². The van der Waals surface area contributed by atoms with Crippen LogP contribution in [-0.4, -0.2) is 31.7 Å². The average Bonchev–Trinajstić information content (AvgIpc) is 2.72. The molecular weight excluding hydrogens is 459 g/mol. The first-order valence-corrected chi connectivity index (χ1v) is 9.45. The van der Waals surface area contributed by atoms with Gasteiger partial charge in [0.1, 0.15) is 11.9 Å². The quantitative estimate of drug-likeness (QED) is 0.455. The van der Waals surface area contributed by atoms with Gasteiger partial charge in [0, 0.05) is 10.5 Å². The maximum Gasteiger partial charge on any atom is 0.331 e. The minimum absolute atomic E-state index is 0.0209. The van der Waals surface area contributed by atoms with Crippen molar-refractivity contribution >= 4 is 39.6 Å². The van der Waals surface area contributed by atoms with Gasteiger partial charge in [-0.2, -0.15) is 5.26 Å². The van der Waals surface area contributed by atoms with E-state index in [1.54, 1.807) is 24.3 Å². The zero-order valence-corrected chi connectivity index (χ0v) is 17.7. The van der Waals surface area contributed by atoms with Gasteiger partial charge in [0.2, 0.25) is 0 Å². The Hall–Kier alpha value is -3.38. The Morgan fingerprint density at radius 3 is 2.70 bits per heavy atom. The third kappa shape index (κ3) is 6.60. The third-order valence-corrected chi connectivity index (χ3v) is 4.24. The van der Waals surface area contributed by atoms with E-state index in [0.29, 0.717) is 21.5 Å². The maximum absolute atomic E-state index is 13.8. The molecule has 0 spiro atoms. The van der Waals surface area contributed by atoms with E-state index in [1.165, 1.54) is 32.2 Å². The second-order valence-electron chi connectivity index (χ2n) is 5.88. The second-order valence-corrected chi connectivity index (χ2v) is 6.80. The van der Waals surface area contributed by atoms with Crippen LogP contribution in [0.1, 0.15) is 12.5 Å². The molecule has 0 bridgehead atoms. The van der Waals surface area contributed by atoms with E-state index in [-0.39, 0.29) is 12.3 Å². The summed E-state index contributed by atoms with van der Waals surface area (Å²) in [5.41, 5.74) is 0.592. The summed E-state index contributed by atoms with van der Waals surface area (Å²) in [7, 11) is 1.45. The van der Waals surface area contributed by atoms with Crippen molar-refractivity contribution in [2.75, 3.05) is 19.0 Å². The topological polar surface area (TPSA) is 97.7 Å². The summed E-state index contributed by atoms with van der Waals surface area (Å²) >= 11 is 3.13. The minimum atomic E-state index is -1.14. The van der Waals surface area contributed by atoms with E-state index < -0.39 is 23.8 Å². The van der Waals surface area contributed by atoms with Crippen molar-refractivity contribution < 1.29 is 28.2 Å². The standard InChI is InChI=1S/C21H18BrFN2O5/c1-13(21(27)25-17-6-5-15(22)12-16(17)23)30-20(26)8-4-14-3-7-18(29-10-9-24)19(11-14)28-2/h3-8,11-13H,10H2,1-2H3,(H,25,27)/b8-4+. The highest BCUT2D eigenvalue weighted by Crippen LogP contribution is 2.28. The van der Waals surface area contributed by atoms with E-state index >= 15 is 0 Å².